The standard InChI is InChI=1S/C12H10N4S2/c13-11-6-14-8(5-15-11)7-17-12-16-9-3-1-2-4-10(9)18-12/h1-6H,7H2,(H2,13,15). The quantitative estimate of drug-likeness (QED) is 0.744. The van der Waals surface area contributed by atoms with Crippen molar-refractivity contribution in [1.29, 1.82) is 0 Å². The van der Waals surface area contributed by atoms with E-state index in [1.54, 1.807) is 35.5 Å². The zero-order chi connectivity index (χ0) is 12.4. The lowest BCUT2D eigenvalue weighted by Crippen LogP contribution is -1.94. The average molecular weight is 274 g/mol. The molecule has 0 fully saturated rings. The van der Waals surface area contributed by atoms with E-state index < -0.39 is 0 Å². The molecule has 0 amide bonds. The van der Waals surface area contributed by atoms with Crippen molar-refractivity contribution < 1.29 is 0 Å². The van der Waals surface area contributed by atoms with Gasteiger partial charge in [0.05, 0.1) is 28.3 Å². The van der Waals surface area contributed by atoms with Crippen molar-refractivity contribution in [3.05, 3.63) is 42.4 Å². The summed E-state index contributed by atoms with van der Waals surface area (Å²) in [5.41, 5.74) is 7.45. The van der Waals surface area contributed by atoms with Crippen LogP contribution in [-0.4, -0.2) is 15.0 Å². The molecule has 2 aromatic heterocycles. The van der Waals surface area contributed by atoms with E-state index in [1.807, 2.05) is 18.2 Å². The summed E-state index contributed by atoms with van der Waals surface area (Å²) < 4.78 is 2.26. The summed E-state index contributed by atoms with van der Waals surface area (Å²) in [4.78, 5) is 12.8. The molecule has 3 rings (SSSR count). The number of nitrogen functional groups attached to an aromatic ring is 1. The van der Waals surface area contributed by atoms with E-state index >= 15 is 0 Å². The fourth-order valence-corrected chi connectivity index (χ4v) is 3.45. The number of anilines is 1. The van der Waals surface area contributed by atoms with Gasteiger partial charge in [0.2, 0.25) is 0 Å². The number of nitrogens with two attached hydrogens (primary N) is 1. The Labute approximate surface area is 112 Å². The molecule has 3 aromatic rings. The Kier molecular flexibility index (Phi) is 3.12. The Morgan fingerprint density at radius 1 is 1.17 bits per heavy atom. The molecule has 0 aliphatic carbocycles. The van der Waals surface area contributed by atoms with Gasteiger partial charge >= 0.3 is 0 Å². The normalized spacial score (nSPS) is 10.9. The molecule has 18 heavy (non-hydrogen) atoms. The first kappa shape index (κ1) is 11.4. The van der Waals surface area contributed by atoms with E-state index in [-0.39, 0.29) is 0 Å². The molecule has 0 spiro atoms. The van der Waals surface area contributed by atoms with Crippen molar-refractivity contribution in [2.24, 2.45) is 0 Å². The van der Waals surface area contributed by atoms with Crippen LogP contribution in [0.5, 0.6) is 0 Å². The molecular formula is C12H10N4S2. The van der Waals surface area contributed by atoms with Gasteiger partial charge in [0.15, 0.2) is 4.34 Å². The molecule has 0 saturated carbocycles. The van der Waals surface area contributed by atoms with E-state index in [2.05, 4.69) is 21.0 Å². The number of thioether (sulfide) groups is 1. The Morgan fingerprint density at radius 2 is 2.06 bits per heavy atom. The van der Waals surface area contributed by atoms with E-state index in [1.165, 1.54) is 4.70 Å². The van der Waals surface area contributed by atoms with Crippen LogP contribution in [0.2, 0.25) is 0 Å². The maximum absolute atomic E-state index is 5.49. The number of hydrogen-bond donors (Lipinski definition) is 1. The summed E-state index contributed by atoms with van der Waals surface area (Å²) in [6.07, 6.45) is 3.28. The second-order valence-electron chi connectivity index (χ2n) is 3.67. The summed E-state index contributed by atoms with van der Waals surface area (Å²) in [5.74, 6) is 1.20. The zero-order valence-electron chi connectivity index (χ0n) is 9.41. The number of benzene rings is 1. The minimum atomic E-state index is 0.448. The van der Waals surface area contributed by atoms with Crippen LogP contribution in [0, 0.1) is 0 Å². The van der Waals surface area contributed by atoms with Gasteiger partial charge in [0, 0.05) is 5.75 Å². The van der Waals surface area contributed by atoms with E-state index in [0.29, 0.717) is 5.82 Å². The molecule has 0 atom stereocenters. The molecule has 0 aliphatic heterocycles. The second kappa shape index (κ2) is 4.91. The van der Waals surface area contributed by atoms with E-state index in [0.717, 1.165) is 21.3 Å². The number of para-hydroxylation sites is 1. The maximum atomic E-state index is 5.49. The van der Waals surface area contributed by atoms with Gasteiger partial charge in [-0.3, -0.25) is 4.98 Å². The summed E-state index contributed by atoms with van der Waals surface area (Å²) >= 11 is 3.37. The first-order valence-electron chi connectivity index (χ1n) is 5.36. The Balaban J connectivity index is 1.74. The van der Waals surface area contributed by atoms with Crippen LogP contribution < -0.4 is 5.73 Å². The van der Waals surface area contributed by atoms with Gasteiger partial charge in [0.1, 0.15) is 5.82 Å². The maximum Gasteiger partial charge on any atom is 0.151 e. The number of thiazole rings is 1. The molecule has 2 N–H and O–H groups in total. The highest BCUT2D eigenvalue weighted by atomic mass is 32.2. The minimum absolute atomic E-state index is 0.448. The van der Waals surface area contributed by atoms with Crippen LogP contribution >= 0.6 is 23.1 Å². The largest absolute Gasteiger partial charge is 0.382 e. The van der Waals surface area contributed by atoms with Crippen molar-refractivity contribution in [2.75, 3.05) is 5.73 Å². The number of hydrogen-bond acceptors (Lipinski definition) is 6. The van der Waals surface area contributed by atoms with Gasteiger partial charge in [-0.1, -0.05) is 23.9 Å². The zero-order valence-corrected chi connectivity index (χ0v) is 11.0. The first-order valence-corrected chi connectivity index (χ1v) is 7.16. The molecule has 1 aromatic carbocycles. The Morgan fingerprint density at radius 3 is 2.83 bits per heavy atom. The van der Waals surface area contributed by atoms with Gasteiger partial charge in [0.25, 0.3) is 0 Å². The van der Waals surface area contributed by atoms with E-state index in [4.69, 9.17) is 5.73 Å². The van der Waals surface area contributed by atoms with Crippen LogP contribution in [0.3, 0.4) is 0 Å². The SMILES string of the molecule is Nc1cnc(CSc2nc3ccccc3s2)cn1. The lowest BCUT2D eigenvalue weighted by molar-refractivity contribution is 1.11. The summed E-state index contributed by atoms with van der Waals surface area (Å²) in [5, 5.41) is 0. The predicted molar refractivity (Wildman–Crippen MR) is 75.6 cm³/mol. The third-order valence-corrected chi connectivity index (χ3v) is 4.56. The van der Waals surface area contributed by atoms with Crippen LogP contribution in [0.4, 0.5) is 5.82 Å². The number of nitrogens with zero attached hydrogens (tertiary/aromatic N) is 3. The molecule has 90 valence electrons. The molecule has 0 unspecified atom stereocenters. The Bertz CT molecular complexity index is 630. The van der Waals surface area contributed by atoms with Crippen molar-refractivity contribution in [3.8, 4) is 0 Å². The highest BCUT2D eigenvalue weighted by Crippen LogP contribution is 2.30. The molecule has 6 heteroatoms. The fourth-order valence-electron chi connectivity index (χ4n) is 1.49. The van der Waals surface area contributed by atoms with Gasteiger partial charge < -0.3 is 5.73 Å². The topological polar surface area (TPSA) is 64.7 Å². The van der Waals surface area contributed by atoms with Gasteiger partial charge in [-0.2, -0.15) is 0 Å². The van der Waals surface area contributed by atoms with Crippen LogP contribution in [-0.2, 0) is 5.75 Å². The third kappa shape index (κ3) is 2.44. The minimum Gasteiger partial charge on any atom is -0.382 e. The number of rotatable bonds is 3. The fraction of sp³-hybridized carbons (Fsp3) is 0.0833. The molecule has 0 aliphatic rings. The van der Waals surface area contributed by atoms with Crippen molar-refractivity contribution in [1.82, 2.24) is 15.0 Å². The van der Waals surface area contributed by atoms with Crippen molar-refractivity contribution >= 4 is 39.1 Å². The highest BCUT2D eigenvalue weighted by molar-refractivity contribution is 8.00. The number of aromatic nitrogens is 3. The van der Waals surface area contributed by atoms with Gasteiger partial charge in [-0.05, 0) is 12.1 Å². The molecule has 0 bridgehead atoms. The second-order valence-corrected chi connectivity index (χ2v) is 5.92. The van der Waals surface area contributed by atoms with Crippen LogP contribution in [0.15, 0.2) is 41.0 Å². The molecule has 4 nitrogen and oxygen atoms in total. The molecule has 0 saturated heterocycles. The smallest absolute Gasteiger partial charge is 0.151 e. The molecule has 2 heterocycles. The van der Waals surface area contributed by atoms with Gasteiger partial charge in [-0.15, -0.1) is 11.3 Å². The van der Waals surface area contributed by atoms with Crippen LogP contribution in [0.25, 0.3) is 10.2 Å². The average Bonchev–Trinajstić information content (AvgIpc) is 2.81. The van der Waals surface area contributed by atoms with Crippen LogP contribution in [0.1, 0.15) is 5.69 Å². The lowest BCUT2D eigenvalue weighted by Gasteiger charge is -1.97. The third-order valence-electron chi connectivity index (χ3n) is 2.34. The molecular weight excluding hydrogens is 264 g/mol. The summed E-state index contributed by atoms with van der Waals surface area (Å²) in [6.45, 7) is 0. The highest BCUT2D eigenvalue weighted by Gasteiger charge is 2.04. The number of fused-ring (bicyclic) bond motifs is 1. The predicted octanol–water partition coefficient (Wildman–Crippen LogP) is 2.96. The monoisotopic (exact) mass is 274 g/mol. The van der Waals surface area contributed by atoms with Crippen molar-refractivity contribution in [2.45, 2.75) is 10.1 Å². The van der Waals surface area contributed by atoms with Gasteiger partial charge in [-0.25, -0.2) is 9.97 Å². The summed E-state index contributed by atoms with van der Waals surface area (Å²) in [7, 11) is 0. The van der Waals surface area contributed by atoms with Crippen molar-refractivity contribution in [3.63, 3.8) is 0 Å². The lowest BCUT2D eigenvalue weighted by atomic mass is 10.3. The van der Waals surface area contributed by atoms with E-state index in [9.17, 15) is 0 Å². The summed E-state index contributed by atoms with van der Waals surface area (Å²) in [6, 6.07) is 8.14. The Hall–Kier alpha value is -1.66. The molecule has 0 radical (unpaired) electrons. The first-order chi connectivity index (χ1) is 8.81.